The molecule has 3 saturated carbocycles. The molecule has 4 aliphatic carbocycles. The van der Waals surface area contributed by atoms with E-state index in [9.17, 15) is 4.79 Å². The Morgan fingerprint density at radius 2 is 1.85 bits per heavy atom. The number of rotatable bonds is 8. The van der Waals surface area contributed by atoms with E-state index in [4.69, 9.17) is 4.74 Å². The number of halogens is 1. The molecule has 0 heterocycles. The lowest BCUT2D eigenvalue weighted by molar-refractivity contribution is -0.150. The summed E-state index contributed by atoms with van der Waals surface area (Å²) >= 11 is 3.47. The van der Waals surface area contributed by atoms with Crippen molar-refractivity contribution in [3.63, 3.8) is 0 Å². The van der Waals surface area contributed by atoms with Gasteiger partial charge in [0.15, 0.2) is 0 Å². The number of carbonyl (C=O) groups is 1. The van der Waals surface area contributed by atoms with Crippen LogP contribution < -0.4 is 0 Å². The Morgan fingerprint density at radius 1 is 1.09 bits per heavy atom. The van der Waals surface area contributed by atoms with Crippen molar-refractivity contribution in [2.45, 2.75) is 130 Å². The topological polar surface area (TPSA) is 26.3 Å². The first-order chi connectivity index (χ1) is 16.1. The summed E-state index contributed by atoms with van der Waals surface area (Å²) in [6, 6.07) is 0. The molecule has 0 aromatic carbocycles. The van der Waals surface area contributed by atoms with Crippen LogP contribution in [0, 0.1) is 46.3 Å². The summed E-state index contributed by atoms with van der Waals surface area (Å²) in [5, 5.41) is 0. The molecule has 9 atom stereocenters. The summed E-state index contributed by atoms with van der Waals surface area (Å²) in [4.78, 5) is 12.2. The van der Waals surface area contributed by atoms with Gasteiger partial charge in [-0.1, -0.05) is 88.4 Å². The van der Waals surface area contributed by atoms with Crippen LogP contribution in [-0.2, 0) is 9.53 Å². The minimum absolute atomic E-state index is 0.0710. The minimum atomic E-state index is -0.162. The highest BCUT2D eigenvalue weighted by Crippen LogP contribution is 2.67. The molecule has 3 fully saturated rings. The van der Waals surface area contributed by atoms with Gasteiger partial charge in [-0.05, 0) is 97.7 Å². The van der Waals surface area contributed by atoms with E-state index in [1.807, 2.05) is 6.92 Å². The molecule has 34 heavy (non-hydrogen) atoms. The molecule has 3 heteroatoms. The van der Waals surface area contributed by atoms with Crippen LogP contribution in [0.2, 0.25) is 0 Å². The summed E-state index contributed by atoms with van der Waals surface area (Å²) in [6.45, 7) is 14.6. The van der Waals surface area contributed by atoms with Crippen molar-refractivity contribution in [1.29, 1.82) is 0 Å². The van der Waals surface area contributed by atoms with Gasteiger partial charge in [-0.2, -0.15) is 0 Å². The maximum atomic E-state index is 12.4. The second-order valence-electron chi connectivity index (χ2n) is 13.5. The van der Waals surface area contributed by atoms with Gasteiger partial charge in [0, 0.05) is 6.42 Å². The third-order valence-corrected chi connectivity index (χ3v) is 12.2. The molecule has 0 aromatic heterocycles. The van der Waals surface area contributed by atoms with Gasteiger partial charge in [0.1, 0.15) is 10.9 Å². The van der Waals surface area contributed by atoms with Crippen LogP contribution in [0.5, 0.6) is 0 Å². The maximum absolute atomic E-state index is 12.4. The van der Waals surface area contributed by atoms with Gasteiger partial charge in [0.2, 0.25) is 0 Å². The third-order valence-electron chi connectivity index (χ3n) is 11.2. The van der Waals surface area contributed by atoms with Gasteiger partial charge in [-0.25, -0.2) is 0 Å². The quantitative estimate of drug-likeness (QED) is 0.176. The number of hydrogen-bond acceptors (Lipinski definition) is 2. The van der Waals surface area contributed by atoms with E-state index in [0.29, 0.717) is 10.8 Å². The zero-order valence-corrected chi connectivity index (χ0v) is 24.5. The molecule has 0 bridgehead atoms. The summed E-state index contributed by atoms with van der Waals surface area (Å²) in [7, 11) is 0. The summed E-state index contributed by atoms with van der Waals surface area (Å²) in [5.41, 5.74) is 2.49. The van der Waals surface area contributed by atoms with E-state index in [2.05, 4.69) is 56.6 Å². The first kappa shape index (κ1) is 26.7. The van der Waals surface area contributed by atoms with Crippen molar-refractivity contribution in [3.8, 4) is 0 Å². The van der Waals surface area contributed by atoms with Crippen molar-refractivity contribution in [2.75, 3.05) is 0 Å². The Balaban J connectivity index is 1.43. The molecule has 0 aliphatic heterocycles. The third kappa shape index (κ3) is 4.95. The molecule has 0 amide bonds. The first-order valence-corrected chi connectivity index (χ1v) is 15.6. The van der Waals surface area contributed by atoms with Gasteiger partial charge in [-0.15, -0.1) is 0 Å². The molecule has 0 spiro atoms. The number of fused-ring (bicyclic) bond motifs is 5. The predicted molar refractivity (Wildman–Crippen MR) is 146 cm³/mol. The lowest BCUT2D eigenvalue weighted by atomic mass is 9.47. The first-order valence-electron chi connectivity index (χ1n) is 14.6. The van der Waals surface area contributed by atoms with Crippen LogP contribution in [0.3, 0.4) is 0 Å². The van der Waals surface area contributed by atoms with Crippen LogP contribution in [0.15, 0.2) is 11.6 Å². The van der Waals surface area contributed by atoms with E-state index >= 15 is 0 Å². The van der Waals surface area contributed by atoms with Crippen molar-refractivity contribution >= 4 is 21.9 Å². The fraction of sp³-hybridized carbons (Fsp3) is 0.903. The molecule has 0 N–H and O–H groups in total. The fourth-order valence-corrected chi connectivity index (χ4v) is 9.27. The number of esters is 1. The number of alkyl halides is 1. The average Bonchev–Trinajstić information content (AvgIpc) is 3.15. The van der Waals surface area contributed by atoms with Crippen molar-refractivity contribution in [3.05, 3.63) is 11.6 Å². The molecule has 4 aliphatic rings. The molecule has 0 aromatic rings. The molecular formula is C31H51BrO2. The summed E-state index contributed by atoms with van der Waals surface area (Å²) in [5.74, 6) is 5.18. The van der Waals surface area contributed by atoms with Gasteiger partial charge >= 0.3 is 5.97 Å². The average molecular weight is 536 g/mol. The standard InChI is InChI=1S/C31H51BrO2/c1-7-28(32)29(33)34-23-15-17-30(5)22(19-23)11-12-24-26-14-13-25(21(4)10-8-9-20(2)3)31(26,6)18-16-27(24)30/h11,20-21,23-28H,7-10,12-19H2,1-6H3/t21-,23+,24-,25+,26-,27-,28+,30-,31+/m0/s1. The monoisotopic (exact) mass is 534 g/mol. The van der Waals surface area contributed by atoms with Gasteiger partial charge in [0.05, 0.1) is 0 Å². The Labute approximate surface area is 218 Å². The Morgan fingerprint density at radius 3 is 2.56 bits per heavy atom. The van der Waals surface area contributed by atoms with Crippen molar-refractivity contribution < 1.29 is 9.53 Å². The molecule has 0 unspecified atom stereocenters. The van der Waals surface area contributed by atoms with Gasteiger partial charge in [-0.3, -0.25) is 4.79 Å². The zero-order valence-electron chi connectivity index (χ0n) is 22.9. The van der Waals surface area contributed by atoms with E-state index in [-0.39, 0.29) is 16.9 Å². The van der Waals surface area contributed by atoms with Crippen LogP contribution in [-0.4, -0.2) is 16.9 Å². The number of allylic oxidation sites excluding steroid dienone is 1. The normalized spacial score (nSPS) is 41.2. The van der Waals surface area contributed by atoms with Crippen LogP contribution in [0.4, 0.5) is 0 Å². The molecule has 0 radical (unpaired) electrons. The predicted octanol–water partition coefficient (Wildman–Crippen LogP) is 9.11. The summed E-state index contributed by atoms with van der Waals surface area (Å²) < 4.78 is 5.92. The van der Waals surface area contributed by atoms with Crippen LogP contribution in [0.25, 0.3) is 0 Å². The van der Waals surface area contributed by atoms with Crippen molar-refractivity contribution in [2.24, 2.45) is 46.3 Å². The van der Waals surface area contributed by atoms with Gasteiger partial charge in [0.25, 0.3) is 0 Å². The number of carbonyl (C=O) groups excluding carboxylic acids is 1. The Kier molecular flexibility index (Phi) is 8.33. The Hall–Kier alpha value is -0.310. The van der Waals surface area contributed by atoms with E-state index < -0.39 is 0 Å². The lowest BCUT2D eigenvalue weighted by Crippen LogP contribution is -2.51. The second kappa shape index (κ2) is 10.6. The van der Waals surface area contributed by atoms with Crippen molar-refractivity contribution in [1.82, 2.24) is 0 Å². The number of hydrogen-bond donors (Lipinski definition) is 0. The largest absolute Gasteiger partial charge is 0.461 e. The number of ether oxygens (including phenoxy) is 1. The minimum Gasteiger partial charge on any atom is -0.461 e. The van der Waals surface area contributed by atoms with E-state index in [0.717, 1.165) is 54.8 Å². The van der Waals surface area contributed by atoms with Crippen LogP contribution in [0.1, 0.15) is 119 Å². The fourth-order valence-electron chi connectivity index (χ4n) is 9.16. The smallest absolute Gasteiger partial charge is 0.319 e. The highest BCUT2D eigenvalue weighted by molar-refractivity contribution is 9.10. The Bertz CT molecular complexity index is 759. The molecule has 0 saturated heterocycles. The molecule has 2 nitrogen and oxygen atoms in total. The maximum Gasteiger partial charge on any atom is 0.319 e. The zero-order chi connectivity index (χ0) is 24.7. The van der Waals surface area contributed by atoms with E-state index in [1.54, 1.807) is 5.57 Å². The van der Waals surface area contributed by atoms with Gasteiger partial charge < -0.3 is 4.74 Å². The second-order valence-corrected chi connectivity index (χ2v) is 14.6. The molecule has 4 rings (SSSR count). The lowest BCUT2D eigenvalue weighted by Gasteiger charge is -2.58. The summed E-state index contributed by atoms with van der Waals surface area (Å²) in [6.07, 6.45) is 17.9. The SMILES string of the molecule is CC[C@@H](Br)C(=O)O[C@@H]1CC[C@@]2(C)C(=CC[C@H]3[C@@H]4CC[C@H]([C@@H](C)CCCC(C)C)[C@@]4(C)CC[C@@H]32)C1. The highest BCUT2D eigenvalue weighted by Gasteiger charge is 2.59. The van der Waals surface area contributed by atoms with E-state index in [1.165, 1.54) is 57.8 Å². The molecule has 194 valence electrons. The highest BCUT2D eigenvalue weighted by atomic mass is 79.9. The molecular weight excluding hydrogens is 484 g/mol. The van der Waals surface area contributed by atoms with Crippen LogP contribution >= 0.6 is 15.9 Å².